The van der Waals surface area contributed by atoms with E-state index in [1.54, 1.807) is 0 Å². The third-order valence-electron chi connectivity index (χ3n) is 10.9. The van der Waals surface area contributed by atoms with E-state index < -0.39 is 0 Å². The summed E-state index contributed by atoms with van der Waals surface area (Å²) >= 11 is 0. The topological polar surface area (TPSA) is 47.9 Å². The minimum absolute atomic E-state index is 0.289. The van der Waals surface area contributed by atoms with Crippen LogP contribution in [0.25, 0.3) is 0 Å². The molecule has 0 unspecified atom stereocenters. The number of hydrogen-bond acceptors (Lipinski definition) is 4. The first-order valence-corrected chi connectivity index (χ1v) is 19.8. The standard InChI is InChI=1S/C42H72O4/c1-40(2,44-34-22-16-10-7-11-17-23-34)30-33-28-29-39(43)38(32-42(5,6)46-36-26-20-14-9-15-21-27-36)37(33)31-41(3,4)45-35-24-18-12-8-13-19-25-35/h28-29,34-36,43H,7-27,30-32H2,1-6H3. The maximum absolute atomic E-state index is 11.5. The van der Waals surface area contributed by atoms with Crippen LogP contribution in [-0.2, 0) is 33.5 Å². The normalized spacial score (nSPS) is 21.5. The molecule has 264 valence electrons. The van der Waals surface area contributed by atoms with Crippen molar-refractivity contribution in [1.82, 2.24) is 0 Å². The second-order valence-corrected chi connectivity index (χ2v) is 17.3. The van der Waals surface area contributed by atoms with E-state index in [-0.39, 0.29) is 16.8 Å². The molecular weight excluding hydrogens is 568 g/mol. The van der Waals surface area contributed by atoms with Crippen molar-refractivity contribution in [2.45, 2.75) is 231 Å². The maximum Gasteiger partial charge on any atom is 0.119 e. The number of ether oxygens (including phenoxy) is 3. The van der Waals surface area contributed by atoms with Crippen LogP contribution in [0.4, 0.5) is 0 Å². The maximum atomic E-state index is 11.5. The van der Waals surface area contributed by atoms with Crippen LogP contribution in [0, 0.1) is 0 Å². The van der Waals surface area contributed by atoms with Crippen molar-refractivity contribution >= 4 is 0 Å². The highest BCUT2D eigenvalue weighted by molar-refractivity contribution is 5.46. The van der Waals surface area contributed by atoms with Crippen LogP contribution in [-0.4, -0.2) is 40.2 Å². The molecule has 3 aliphatic rings. The number of aromatic hydroxyl groups is 1. The Morgan fingerprint density at radius 2 is 0.761 bits per heavy atom. The number of rotatable bonds is 12. The third-order valence-corrected chi connectivity index (χ3v) is 10.9. The molecule has 1 N–H and O–H groups in total. The Kier molecular flexibility index (Phi) is 14.8. The lowest BCUT2D eigenvalue weighted by Gasteiger charge is -2.37. The van der Waals surface area contributed by atoms with E-state index in [4.69, 9.17) is 14.2 Å². The van der Waals surface area contributed by atoms with E-state index in [0.717, 1.165) is 44.1 Å². The molecule has 0 aliphatic heterocycles. The van der Waals surface area contributed by atoms with Gasteiger partial charge in [-0.05, 0) is 97.3 Å². The smallest absolute Gasteiger partial charge is 0.119 e. The summed E-state index contributed by atoms with van der Waals surface area (Å²) in [5, 5.41) is 11.5. The summed E-state index contributed by atoms with van der Waals surface area (Å²) in [5.74, 6) is 0.397. The van der Waals surface area contributed by atoms with E-state index in [9.17, 15) is 5.11 Å². The third kappa shape index (κ3) is 13.1. The first-order chi connectivity index (χ1) is 21.9. The molecule has 4 nitrogen and oxygen atoms in total. The highest BCUT2D eigenvalue weighted by atomic mass is 16.5. The molecule has 3 aliphatic carbocycles. The SMILES string of the molecule is CC(C)(Cc1ccc(O)c(CC(C)(C)OC2CCCCCCC2)c1CC(C)(C)OC1CCCCCCC1)OC1CCCCCCC1. The van der Waals surface area contributed by atoms with Gasteiger partial charge in [0.15, 0.2) is 0 Å². The summed E-state index contributed by atoms with van der Waals surface area (Å²) in [4.78, 5) is 0. The van der Waals surface area contributed by atoms with Crippen LogP contribution in [0.15, 0.2) is 12.1 Å². The van der Waals surface area contributed by atoms with Crippen molar-refractivity contribution in [1.29, 1.82) is 0 Å². The first kappa shape index (κ1) is 37.7. The zero-order valence-electron chi connectivity index (χ0n) is 31.0. The van der Waals surface area contributed by atoms with Gasteiger partial charge >= 0.3 is 0 Å². The van der Waals surface area contributed by atoms with Crippen LogP contribution < -0.4 is 0 Å². The predicted molar refractivity (Wildman–Crippen MR) is 193 cm³/mol. The van der Waals surface area contributed by atoms with Crippen LogP contribution in [0.3, 0.4) is 0 Å². The molecule has 1 aromatic rings. The average Bonchev–Trinajstić information content (AvgIpc) is 2.92. The van der Waals surface area contributed by atoms with Gasteiger partial charge in [0.1, 0.15) is 5.75 Å². The summed E-state index contributed by atoms with van der Waals surface area (Å²) in [6, 6.07) is 4.11. The first-order valence-electron chi connectivity index (χ1n) is 19.8. The zero-order valence-corrected chi connectivity index (χ0v) is 31.0. The van der Waals surface area contributed by atoms with Gasteiger partial charge < -0.3 is 19.3 Å². The Morgan fingerprint density at radius 3 is 1.13 bits per heavy atom. The van der Waals surface area contributed by atoms with Gasteiger partial charge in [-0.1, -0.05) is 102 Å². The van der Waals surface area contributed by atoms with Gasteiger partial charge in [-0.15, -0.1) is 0 Å². The number of hydrogen-bond donors (Lipinski definition) is 1. The molecule has 0 bridgehead atoms. The molecule has 4 heteroatoms. The highest BCUT2D eigenvalue weighted by Crippen LogP contribution is 2.38. The van der Waals surface area contributed by atoms with E-state index in [1.807, 2.05) is 6.07 Å². The number of phenols is 1. The monoisotopic (exact) mass is 641 g/mol. The lowest BCUT2D eigenvalue weighted by Crippen LogP contribution is -2.37. The molecule has 4 rings (SSSR count). The van der Waals surface area contributed by atoms with Crippen LogP contribution in [0.5, 0.6) is 5.75 Å². The summed E-state index contributed by atoms with van der Waals surface area (Å²) in [6.07, 6.45) is 29.9. The van der Waals surface area contributed by atoms with E-state index in [1.165, 1.54) is 120 Å². The molecule has 3 fully saturated rings. The van der Waals surface area contributed by atoms with Gasteiger partial charge in [-0.3, -0.25) is 0 Å². The average molecular weight is 641 g/mol. The predicted octanol–water partition coefficient (Wildman–Crippen LogP) is 11.7. The van der Waals surface area contributed by atoms with Crippen molar-refractivity contribution < 1.29 is 19.3 Å². The van der Waals surface area contributed by atoms with Crippen LogP contribution in [0.2, 0.25) is 0 Å². The van der Waals surface area contributed by atoms with Crippen molar-refractivity contribution in [2.75, 3.05) is 0 Å². The highest BCUT2D eigenvalue weighted by Gasteiger charge is 2.33. The van der Waals surface area contributed by atoms with Crippen molar-refractivity contribution in [3.05, 3.63) is 28.8 Å². The second-order valence-electron chi connectivity index (χ2n) is 17.3. The Hall–Kier alpha value is -1.10. The Morgan fingerprint density at radius 1 is 0.457 bits per heavy atom. The van der Waals surface area contributed by atoms with Crippen LogP contribution >= 0.6 is 0 Å². The van der Waals surface area contributed by atoms with E-state index >= 15 is 0 Å². The molecule has 0 heterocycles. The zero-order chi connectivity index (χ0) is 33.0. The summed E-state index contributed by atoms with van der Waals surface area (Å²) in [7, 11) is 0. The van der Waals surface area contributed by atoms with Gasteiger partial charge in [0, 0.05) is 24.8 Å². The molecule has 0 atom stereocenters. The van der Waals surface area contributed by atoms with Gasteiger partial charge in [0.25, 0.3) is 0 Å². The number of phenolic OH excluding ortho intramolecular Hbond substituents is 1. The molecule has 46 heavy (non-hydrogen) atoms. The largest absolute Gasteiger partial charge is 0.508 e. The quantitative estimate of drug-likeness (QED) is 0.247. The summed E-state index contributed by atoms with van der Waals surface area (Å²) in [6.45, 7) is 13.6. The lowest BCUT2D eigenvalue weighted by atomic mass is 9.82. The number of benzene rings is 1. The second kappa shape index (κ2) is 18.1. The molecule has 0 spiro atoms. The van der Waals surface area contributed by atoms with Crippen molar-refractivity contribution in [3.8, 4) is 5.75 Å². The summed E-state index contributed by atoms with van der Waals surface area (Å²) < 4.78 is 20.8. The minimum Gasteiger partial charge on any atom is -0.508 e. The Labute approximate surface area is 284 Å². The Balaban J connectivity index is 1.59. The van der Waals surface area contributed by atoms with Gasteiger partial charge in [0.05, 0.1) is 35.1 Å². The lowest BCUT2D eigenvalue weighted by molar-refractivity contribution is -0.0847. The molecule has 0 radical (unpaired) electrons. The molecule has 0 aromatic heterocycles. The molecule has 1 aromatic carbocycles. The molecule has 0 saturated heterocycles. The fraction of sp³-hybridized carbons (Fsp3) is 0.857. The fourth-order valence-corrected chi connectivity index (χ4v) is 8.71. The molecule has 0 amide bonds. The molecular formula is C42H72O4. The summed E-state index contributed by atoms with van der Waals surface area (Å²) in [5.41, 5.74) is 2.59. The minimum atomic E-state index is -0.371. The fourth-order valence-electron chi connectivity index (χ4n) is 8.71. The van der Waals surface area contributed by atoms with Crippen LogP contribution in [0.1, 0.15) is 193 Å². The van der Waals surface area contributed by atoms with E-state index in [0.29, 0.717) is 30.5 Å². The van der Waals surface area contributed by atoms with Gasteiger partial charge in [0.2, 0.25) is 0 Å². The molecule has 3 saturated carbocycles. The van der Waals surface area contributed by atoms with Gasteiger partial charge in [-0.2, -0.15) is 0 Å². The van der Waals surface area contributed by atoms with Gasteiger partial charge in [-0.25, -0.2) is 0 Å². The van der Waals surface area contributed by atoms with Crippen molar-refractivity contribution in [2.24, 2.45) is 0 Å². The van der Waals surface area contributed by atoms with E-state index in [2.05, 4.69) is 47.6 Å². The van der Waals surface area contributed by atoms with Crippen molar-refractivity contribution in [3.63, 3.8) is 0 Å². The Bertz CT molecular complexity index is 1000.